The molecule has 0 radical (unpaired) electrons. The molecule has 4 heteroatoms. The van der Waals surface area contributed by atoms with Crippen LogP contribution in [0.25, 0.3) is 5.69 Å². The summed E-state index contributed by atoms with van der Waals surface area (Å²) in [7, 11) is 0. The number of aryl methyl sites for hydroxylation is 1. The topological polar surface area (TPSA) is 34.0 Å². The normalized spacial score (nSPS) is 12.4. The Bertz CT molecular complexity index is 661. The largest absolute Gasteiger partial charge is 0.321 e. The molecule has 3 nitrogen and oxygen atoms in total. The van der Waals surface area contributed by atoms with Crippen molar-refractivity contribution in [3.8, 4) is 5.69 Å². The number of benzene rings is 1. The predicted octanol–water partition coefficient (Wildman–Crippen LogP) is 3.17. The molecule has 21 heavy (non-hydrogen) atoms. The lowest BCUT2D eigenvalue weighted by molar-refractivity contribution is 0.531. The molecule has 0 aliphatic carbocycles. The van der Waals surface area contributed by atoms with Crippen LogP contribution in [0.15, 0.2) is 41.3 Å². The van der Waals surface area contributed by atoms with Gasteiger partial charge in [-0.05, 0) is 44.5 Å². The van der Waals surface area contributed by atoms with E-state index >= 15 is 0 Å². The van der Waals surface area contributed by atoms with Gasteiger partial charge in [0.2, 0.25) is 0 Å². The van der Waals surface area contributed by atoms with Gasteiger partial charge in [-0.3, -0.25) is 4.79 Å². The fraction of sp³-hybridized carbons (Fsp3) is 0.353. The number of halogens is 1. The van der Waals surface area contributed by atoms with E-state index in [0.717, 1.165) is 17.8 Å². The summed E-state index contributed by atoms with van der Waals surface area (Å²) in [6, 6.07) is 8.24. The van der Waals surface area contributed by atoms with Crippen molar-refractivity contribution >= 4 is 0 Å². The minimum absolute atomic E-state index is 0.0293. The number of aromatic nitrogens is 1. The SMILES string of the molecule is CCC(C)NCc1cn(-c2ccc(F)cc2)c(C)cc1=O. The Hall–Kier alpha value is -1.94. The standard InChI is InChI=1S/C17H21FN2O/c1-4-12(2)19-10-14-11-20(13(3)9-17(14)21)16-7-5-15(18)6-8-16/h5-9,11-12,19H,4,10H2,1-3H3. The van der Waals surface area contributed by atoms with E-state index in [1.54, 1.807) is 18.2 Å². The van der Waals surface area contributed by atoms with Crippen LogP contribution in [-0.4, -0.2) is 10.6 Å². The van der Waals surface area contributed by atoms with Gasteiger partial charge in [-0.2, -0.15) is 0 Å². The van der Waals surface area contributed by atoms with Crippen molar-refractivity contribution in [2.75, 3.05) is 0 Å². The number of pyridine rings is 1. The second-order valence-electron chi connectivity index (χ2n) is 5.34. The van der Waals surface area contributed by atoms with E-state index in [4.69, 9.17) is 0 Å². The maximum atomic E-state index is 13.0. The molecule has 1 N–H and O–H groups in total. The molecular formula is C17H21FN2O. The van der Waals surface area contributed by atoms with E-state index in [9.17, 15) is 9.18 Å². The molecule has 1 unspecified atom stereocenters. The molecule has 0 saturated heterocycles. The molecule has 0 spiro atoms. The summed E-state index contributed by atoms with van der Waals surface area (Å²) >= 11 is 0. The molecule has 1 aromatic heterocycles. The molecule has 2 rings (SSSR count). The zero-order valence-electron chi connectivity index (χ0n) is 12.7. The molecule has 0 aliphatic heterocycles. The summed E-state index contributed by atoms with van der Waals surface area (Å²) < 4.78 is 14.9. The maximum absolute atomic E-state index is 13.0. The van der Waals surface area contributed by atoms with Crippen molar-refractivity contribution in [2.24, 2.45) is 0 Å². The minimum Gasteiger partial charge on any atom is -0.321 e. The average molecular weight is 288 g/mol. The van der Waals surface area contributed by atoms with E-state index in [2.05, 4.69) is 19.2 Å². The average Bonchev–Trinajstić information content (AvgIpc) is 2.47. The highest BCUT2D eigenvalue weighted by Gasteiger charge is 2.07. The van der Waals surface area contributed by atoms with E-state index in [1.807, 2.05) is 17.7 Å². The summed E-state index contributed by atoms with van der Waals surface area (Å²) in [5, 5.41) is 3.32. The second kappa shape index (κ2) is 6.68. The van der Waals surface area contributed by atoms with E-state index in [0.29, 0.717) is 18.2 Å². The van der Waals surface area contributed by atoms with Gasteiger partial charge in [0.1, 0.15) is 5.82 Å². The van der Waals surface area contributed by atoms with Crippen LogP contribution >= 0.6 is 0 Å². The Morgan fingerprint density at radius 1 is 1.29 bits per heavy atom. The van der Waals surface area contributed by atoms with Gasteiger partial charge < -0.3 is 9.88 Å². The number of hydrogen-bond acceptors (Lipinski definition) is 2. The Kier molecular flexibility index (Phi) is 4.91. The van der Waals surface area contributed by atoms with Gasteiger partial charge in [-0.25, -0.2) is 4.39 Å². The van der Waals surface area contributed by atoms with Gasteiger partial charge in [0.15, 0.2) is 5.43 Å². The van der Waals surface area contributed by atoms with Crippen LogP contribution in [0.5, 0.6) is 0 Å². The van der Waals surface area contributed by atoms with Crippen LogP contribution in [-0.2, 0) is 6.54 Å². The molecule has 0 bridgehead atoms. The molecule has 1 atom stereocenters. The van der Waals surface area contributed by atoms with Crippen molar-refractivity contribution in [2.45, 2.75) is 39.8 Å². The summed E-state index contributed by atoms with van der Waals surface area (Å²) in [4.78, 5) is 12.1. The fourth-order valence-electron chi connectivity index (χ4n) is 2.11. The van der Waals surface area contributed by atoms with Crippen LogP contribution < -0.4 is 10.7 Å². The third-order valence-electron chi connectivity index (χ3n) is 3.68. The van der Waals surface area contributed by atoms with Crippen LogP contribution in [0.2, 0.25) is 0 Å². The summed E-state index contributed by atoms with van der Waals surface area (Å²) in [5.74, 6) is -0.267. The lowest BCUT2D eigenvalue weighted by atomic mass is 10.2. The third-order valence-corrected chi connectivity index (χ3v) is 3.68. The van der Waals surface area contributed by atoms with Gasteiger partial charge in [0, 0.05) is 41.8 Å². The zero-order valence-corrected chi connectivity index (χ0v) is 12.7. The lowest BCUT2D eigenvalue weighted by Crippen LogP contribution is -2.28. The van der Waals surface area contributed by atoms with Crippen LogP contribution in [0, 0.1) is 12.7 Å². The number of nitrogens with one attached hydrogen (secondary N) is 1. The van der Waals surface area contributed by atoms with Gasteiger partial charge >= 0.3 is 0 Å². The predicted molar refractivity (Wildman–Crippen MR) is 83.3 cm³/mol. The zero-order chi connectivity index (χ0) is 15.4. The van der Waals surface area contributed by atoms with Crippen molar-refractivity contribution in [3.05, 3.63) is 63.8 Å². The van der Waals surface area contributed by atoms with Crippen molar-refractivity contribution < 1.29 is 4.39 Å². The Labute approximate surface area is 124 Å². The van der Waals surface area contributed by atoms with Crippen LogP contribution in [0.4, 0.5) is 4.39 Å². The first kappa shape index (κ1) is 15.4. The molecular weight excluding hydrogens is 267 g/mol. The molecule has 1 heterocycles. The first-order valence-corrected chi connectivity index (χ1v) is 7.22. The molecule has 112 valence electrons. The van der Waals surface area contributed by atoms with Gasteiger partial charge in [0.25, 0.3) is 0 Å². The summed E-state index contributed by atoms with van der Waals surface area (Å²) in [6.45, 7) is 6.60. The van der Waals surface area contributed by atoms with Gasteiger partial charge in [0.05, 0.1) is 0 Å². The first-order valence-electron chi connectivity index (χ1n) is 7.22. The maximum Gasteiger partial charge on any atom is 0.186 e. The summed E-state index contributed by atoms with van der Waals surface area (Å²) in [5.41, 5.74) is 2.42. The molecule has 1 aromatic carbocycles. The van der Waals surface area contributed by atoms with E-state index < -0.39 is 0 Å². The van der Waals surface area contributed by atoms with Crippen LogP contribution in [0.1, 0.15) is 31.5 Å². The molecule has 0 amide bonds. The number of hydrogen-bond donors (Lipinski definition) is 1. The van der Waals surface area contributed by atoms with Crippen molar-refractivity contribution in [1.29, 1.82) is 0 Å². The molecule has 0 aliphatic rings. The van der Waals surface area contributed by atoms with Gasteiger partial charge in [-0.1, -0.05) is 6.92 Å². The summed E-state index contributed by atoms with van der Waals surface area (Å²) in [6.07, 6.45) is 2.85. The van der Waals surface area contributed by atoms with Crippen molar-refractivity contribution in [3.63, 3.8) is 0 Å². The molecule has 2 aromatic rings. The minimum atomic E-state index is -0.267. The molecule has 0 fully saturated rings. The second-order valence-corrected chi connectivity index (χ2v) is 5.34. The van der Waals surface area contributed by atoms with Gasteiger partial charge in [-0.15, -0.1) is 0 Å². The highest BCUT2D eigenvalue weighted by Crippen LogP contribution is 2.12. The monoisotopic (exact) mass is 288 g/mol. The third kappa shape index (κ3) is 3.79. The highest BCUT2D eigenvalue weighted by molar-refractivity contribution is 5.35. The quantitative estimate of drug-likeness (QED) is 0.917. The Balaban J connectivity index is 2.34. The number of rotatable bonds is 5. The molecule has 0 saturated carbocycles. The van der Waals surface area contributed by atoms with E-state index in [-0.39, 0.29) is 11.2 Å². The van der Waals surface area contributed by atoms with Crippen LogP contribution in [0.3, 0.4) is 0 Å². The van der Waals surface area contributed by atoms with Crippen molar-refractivity contribution in [1.82, 2.24) is 9.88 Å². The highest BCUT2D eigenvalue weighted by atomic mass is 19.1. The first-order chi connectivity index (χ1) is 10.0. The lowest BCUT2D eigenvalue weighted by Gasteiger charge is -2.15. The number of nitrogens with zero attached hydrogens (tertiary/aromatic N) is 1. The van der Waals surface area contributed by atoms with E-state index in [1.165, 1.54) is 12.1 Å². The smallest absolute Gasteiger partial charge is 0.186 e. The Morgan fingerprint density at radius 2 is 1.95 bits per heavy atom. The fourth-order valence-corrected chi connectivity index (χ4v) is 2.11. The Morgan fingerprint density at radius 3 is 2.57 bits per heavy atom.